The fourth-order valence-electron chi connectivity index (χ4n) is 4.02. The van der Waals surface area contributed by atoms with E-state index in [1.54, 1.807) is 14.2 Å². The molecule has 0 saturated carbocycles. The molecule has 0 N–H and O–H groups in total. The summed E-state index contributed by atoms with van der Waals surface area (Å²) in [5, 5.41) is 8.76. The van der Waals surface area contributed by atoms with Gasteiger partial charge in [-0.3, -0.25) is 4.79 Å². The molecule has 1 unspecified atom stereocenters. The van der Waals surface area contributed by atoms with Crippen molar-refractivity contribution in [3.8, 4) is 23.3 Å². The van der Waals surface area contributed by atoms with Crippen molar-refractivity contribution in [3.63, 3.8) is 0 Å². The summed E-state index contributed by atoms with van der Waals surface area (Å²) in [7, 11) is 3.27. The Morgan fingerprint density at radius 3 is 2.52 bits per heavy atom. The minimum absolute atomic E-state index is 0.0260. The lowest BCUT2D eigenvalue weighted by atomic mass is 9.95. The number of carbonyl (C=O) groups is 1. The summed E-state index contributed by atoms with van der Waals surface area (Å²) >= 11 is 0. The van der Waals surface area contributed by atoms with Crippen LogP contribution in [0.2, 0.25) is 0 Å². The normalized spacial score (nSPS) is 15.8. The van der Waals surface area contributed by atoms with Crippen molar-refractivity contribution < 1.29 is 19.0 Å². The maximum Gasteiger partial charge on any atom is 0.260 e. The van der Waals surface area contributed by atoms with Crippen LogP contribution in [0.5, 0.6) is 17.2 Å². The SMILES string of the molecule is COc1ccc(CCC2CCCCN2C(=O)COc2ccc(CC#N)cc2)cc1OC. The second-order valence-electron chi connectivity index (χ2n) is 7.73. The number of nitriles is 1. The largest absolute Gasteiger partial charge is 0.493 e. The second-order valence-corrected chi connectivity index (χ2v) is 7.73. The number of rotatable bonds is 9. The summed E-state index contributed by atoms with van der Waals surface area (Å²) in [5.41, 5.74) is 2.11. The average molecular weight is 423 g/mol. The predicted molar refractivity (Wildman–Crippen MR) is 118 cm³/mol. The van der Waals surface area contributed by atoms with Crippen LogP contribution in [0, 0.1) is 11.3 Å². The van der Waals surface area contributed by atoms with E-state index in [0.29, 0.717) is 12.2 Å². The minimum atomic E-state index is 0.0260. The molecule has 0 radical (unpaired) electrons. The number of hydrogen-bond acceptors (Lipinski definition) is 5. The van der Waals surface area contributed by atoms with Crippen molar-refractivity contribution in [2.75, 3.05) is 27.4 Å². The average Bonchev–Trinajstić information content (AvgIpc) is 2.82. The van der Waals surface area contributed by atoms with Gasteiger partial charge < -0.3 is 19.1 Å². The van der Waals surface area contributed by atoms with Gasteiger partial charge in [-0.2, -0.15) is 5.26 Å². The first-order valence-corrected chi connectivity index (χ1v) is 10.7. The van der Waals surface area contributed by atoms with Gasteiger partial charge >= 0.3 is 0 Å². The van der Waals surface area contributed by atoms with Crippen LogP contribution in [0.3, 0.4) is 0 Å². The molecule has 2 aromatic rings. The first-order chi connectivity index (χ1) is 15.1. The maximum atomic E-state index is 12.9. The number of hydrogen-bond donors (Lipinski definition) is 0. The first kappa shape index (κ1) is 22.5. The molecular weight excluding hydrogens is 392 g/mol. The zero-order valence-corrected chi connectivity index (χ0v) is 18.3. The lowest BCUT2D eigenvalue weighted by Crippen LogP contribution is -2.46. The van der Waals surface area contributed by atoms with Crippen LogP contribution < -0.4 is 14.2 Å². The minimum Gasteiger partial charge on any atom is -0.493 e. The highest BCUT2D eigenvalue weighted by atomic mass is 16.5. The van der Waals surface area contributed by atoms with Crippen LogP contribution in [0.15, 0.2) is 42.5 Å². The van der Waals surface area contributed by atoms with E-state index in [1.807, 2.05) is 41.3 Å². The number of nitrogens with zero attached hydrogens (tertiary/aromatic N) is 2. The molecule has 1 heterocycles. The van der Waals surface area contributed by atoms with Gasteiger partial charge in [0.05, 0.1) is 26.7 Å². The van der Waals surface area contributed by atoms with Gasteiger partial charge in [0, 0.05) is 12.6 Å². The van der Waals surface area contributed by atoms with Crippen LogP contribution >= 0.6 is 0 Å². The Kier molecular flexibility index (Phi) is 8.17. The highest BCUT2D eigenvalue weighted by molar-refractivity contribution is 5.78. The zero-order valence-electron chi connectivity index (χ0n) is 18.3. The van der Waals surface area contributed by atoms with Crippen LogP contribution in [0.1, 0.15) is 36.8 Å². The van der Waals surface area contributed by atoms with Crippen LogP contribution in [0.25, 0.3) is 0 Å². The quantitative estimate of drug-likeness (QED) is 0.607. The lowest BCUT2D eigenvalue weighted by molar-refractivity contribution is -0.137. The van der Waals surface area contributed by atoms with E-state index < -0.39 is 0 Å². The molecule has 0 spiro atoms. The predicted octanol–water partition coefficient (Wildman–Crippen LogP) is 4.16. The van der Waals surface area contributed by atoms with E-state index in [1.165, 1.54) is 5.56 Å². The Morgan fingerprint density at radius 1 is 1.06 bits per heavy atom. The molecule has 2 aromatic carbocycles. The van der Waals surface area contributed by atoms with Crippen molar-refractivity contribution >= 4 is 5.91 Å². The van der Waals surface area contributed by atoms with E-state index >= 15 is 0 Å². The third-order valence-electron chi connectivity index (χ3n) is 5.73. The smallest absolute Gasteiger partial charge is 0.260 e. The number of likely N-dealkylation sites (tertiary alicyclic amines) is 1. The molecule has 1 aliphatic heterocycles. The standard InChI is InChI=1S/C25H30N2O4/c1-29-23-13-9-20(17-24(23)30-2)6-10-21-5-3-4-16-27(21)25(28)18-31-22-11-7-19(8-12-22)14-15-26/h7-9,11-13,17,21H,3-6,10,14,16,18H2,1-2H3. The van der Waals surface area contributed by atoms with Gasteiger partial charge in [-0.15, -0.1) is 0 Å². The molecular formula is C25H30N2O4. The number of aryl methyl sites for hydroxylation is 1. The van der Waals surface area contributed by atoms with E-state index in [2.05, 4.69) is 12.1 Å². The fraction of sp³-hybridized carbons (Fsp3) is 0.440. The molecule has 6 heteroatoms. The van der Waals surface area contributed by atoms with E-state index in [9.17, 15) is 4.79 Å². The van der Waals surface area contributed by atoms with Crippen molar-refractivity contribution in [1.29, 1.82) is 5.26 Å². The number of amides is 1. The van der Waals surface area contributed by atoms with Gasteiger partial charge in [0.1, 0.15) is 5.75 Å². The molecule has 6 nitrogen and oxygen atoms in total. The Bertz CT molecular complexity index is 905. The molecule has 164 valence electrons. The molecule has 31 heavy (non-hydrogen) atoms. The second kappa shape index (κ2) is 11.3. The Hall–Kier alpha value is -3.20. The van der Waals surface area contributed by atoms with Gasteiger partial charge in [-0.1, -0.05) is 18.2 Å². The van der Waals surface area contributed by atoms with E-state index in [4.69, 9.17) is 19.5 Å². The number of ether oxygens (including phenoxy) is 3. The van der Waals surface area contributed by atoms with Crippen molar-refractivity contribution in [3.05, 3.63) is 53.6 Å². The summed E-state index contributed by atoms with van der Waals surface area (Å²) in [6, 6.07) is 15.7. The topological polar surface area (TPSA) is 71.8 Å². The molecule has 1 saturated heterocycles. The number of methoxy groups -OCH3 is 2. The lowest BCUT2D eigenvalue weighted by Gasteiger charge is -2.36. The number of piperidine rings is 1. The Balaban J connectivity index is 1.55. The van der Waals surface area contributed by atoms with Crippen LogP contribution in [-0.4, -0.2) is 44.2 Å². The molecule has 1 atom stereocenters. The fourth-order valence-corrected chi connectivity index (χ4v) is 4.02. The Morgan fingerprint density at radius 2 is 1.81 bits per heavy atom. The summed E-state index contributed by atoms with van der Waals surface area (Å²) in [4.78, 5) is 14.8. The number of carbonyl (C=O) groups excluding carboxylic acids is 1. The van der Waals surface area contributed by atoms with Crippen molar-refractivity contribution in [1.82, 2.24) is 4.90 Å². The van der Waals surface area contributed by atoms with Gasteiger partial charge in [-0.05, 0) is 67.5 Å². The van der Waals surface area contributed by atoms with Crippen molar-refractivity contribution in [2.45, 2.75) is 44.6 Å². The Labute approximate surface area is 184 Å². The molecule has 1 amide bonds. The maximum absolute atomic E-state index is 12.9. The van der Waals surface area contributed by atoms with Gasteiger partial charge in [-0.25, -0.2) is 0 Å². The van der Waals surface area contributed by atoms with Crippen molar-refractivity contribution in [2.24, 2.45) is 0 Å². The summed E-state index contributed by atoms with van der Waals surface area (Å²) in [6.07, 6.45) is 5.33. The summed E-state index contributed by atoms with van der Waals surface area (Å²) < 4.78 is 16.4. The third-order valence-corrected chi connectivity index (χ3v) is 5.73. The van der Waals surface area contributed by atoms with Gasteiger partial charge in [0.2, 0.25) is 0 Å². The highest BCUT2D eigenvalue weighted by Crippen LogP contribution is 2.29. The zero-order chi connectivity index (χ0) is 22.1. The van der Waals surface area contributed by atoms with Crippen LogP contribution in [-0.2, 0) is 17.6 Å². The van der Waals surface area contributed by atoms with Gasteiger partial charge in [0.15, 0.2) is 18.1 Å². The van der Waals surface area contributed by atoms with Gasteiger partial charge in [0.25, 0.3) is 5.91 Å². The van der Waals surface area contributed by atoms with Crippen LogP contribution in [0.4, 0.5) is 0 Å². The number of benzene rings is 2. The third kappa shape index (κ3) is 6.14. The molecule has 1 fully saturated rings. The van der Waals surface area contributed by atoms with E-state index in [0.717, 1.165) is 55.7 Å². The molecule has 0 aliphatic carbocycles. The molecule has 3 rings (SSSR count). The molecule has 0 bridgehead atoms. The molecule has 0 aromatic heterocycles. The highest BCUT2D eigenvalue weighted by Gasteiger charge is 2.26. The summed E-state index contributed by atoms with van der Waals surface area (Å²) in [6.45, 7) is 0.810. The first-order valence-electron chi connectivity index (χ1n) is 10.7. The monoisotopic (exact) mass is 422 g/mol. The summed E-state index contributed by atoms with van der Waals surface area (Å²) in [5.74, 6) is 2.12. The van der Waals surface area contributed by atoms with E-state index in [-0.39, 0.29) is 18.6 Å². The molecule has 1 aliphatic rings.